The lowest BCUT2D eigenvalue weighted by Crippen LogP contribution is -2.44. The molecule has 30 heavy (non-hydrogen) atoms. The number of aromatic carboxylic acids is 1. The molecule has 2 aliphatic rings. The van der Waals surface area contributed by atoms with Gasteiger partial charge in [0.1, 0.15) is 11.6 Å². The second-order valence-electron chi connectivity index (χ2n) is 9.22. The molecule has 1 aliphatic heterocycles. The molecule has 0 bridgehead atoms. The number of hydrogen-bond acceptors (Lipinski definition) is 3. The Bertz CT molecular complexity index is 884. The summed E-state index contributed by atoms with van der Waals surface area (Å²) in [6.45, 7) is 6.70. The van der Waals surface area contributed by atoms with Gasteiger partial charge in [-0.3, -0.25) is 0 Å². The Hall–Kier alpha value is -2.40. The van der Waals surface area contributed by atoms with Crippen LogP contribution < -0.4 is 4.74 Å². The van der Waals surface area contributed by atoms with Crippen LogP contribution >= 0.6 is 0 Å². The van der Waals surface area contributed by atoms with E-state index in [-0.39, 0.29) is 5.56 Å². The molecule has 1 saturated carbocycles. The van der Waals surface area contributed by atoms with Gasteiger partial charge in [0.25, 0.3) is 0 Å². The summed E-state index contributed by atoms with van der Waals surface area (Å²) in [5.41, 5.74) is 1.59. The average molecular weight is 412 g/mol. The van der Waals surface area contributed by atoms with Gasteiger partial charge in [-0.15, -0.1) is 0 Å². The number of benzene rings is 2. The van der Waals surface area contributed by atoms with Gasteiger partial charge in [0.05, 0.1) is 12.2 Å². The van der Waals surface area contributed by atoms with E-state index in [0.29, 0.717) is 29.1 Å². The fourth-order valence-electron chi connectivity index (χ4n) is 4.62. The zero-order chi connectivity index (χ0) is 21.1. The highest BCUT2D eigenvalue weighted by Gasteiger charge is 2.34. The van der Waals surface area contributed by atoms with Crippen molar-refractivity contribution in [3.63, 3.8) is 0 Å². The van der Waals surface area contributed by atoms with Crippen LogP contribution in [0, 0.1) is 17.2 Å². The highest BCUT2D eigenvalue weighted by atomic mass is 19.1. The number of piperidine rings is 1. The molecule has 4 rings (SSSR count). The number of nitrogens with zero attached hydrogens (tertiary/aromatic N) is 1. The first kappa shape index (κ1) is 20.9. The maximum Gasteiger partial charge on any atom is 0.335 e. The van der Waals surface area contributed by atoms with E-state index in [1.54, 1.807) is 0 Å². The zero-order valence-electron chi connectivity index (χ0n) is 17.6. The summed E-state index contributed by atoms with van der Waals surface area (Å²) < 4.78 is 20.2. The van der Waals surface area contributed by atoms with Crippen LogP contribution in [0.1, 0.15) is 49.4 Å². The average Bonchev–Trinajstić information content (AvgIpc) is 2.72. The van der Waals surface area contributed by atoms with E-state index < -0.39 is 11.8 Å². The number of rotatable bonds is 7. The molecular weight excluding hydrogens is 381 g/mol. The van der Waals surface area contributed by atoms with E-state index >= 15 is 0 Å². The number of carboxylic acids is 1. The van der Waals surface area contributed by atoms with Crippen LogP contribution in [0.2, 0.25) is 0 Å². The van der Waals surface area contributed by atoms with Crippen LogP contribution in [-0.4, -0.2) is 42.2 Å². The Morgan fingerprint density at radius 3 is 2.43 bits per heavy atom. The van der Waals surface area contributed by atoms with Crippen LogP contribution in [0.4, 0.5) is 4.39 Å². The Labute approximate surface area is 177 Å². The Balaban J connectivity index is 1.27. The summed E-state index contributed by atoms with van der Waals surface area (Å²) in [4.78, 5) is 13.6. The fraction of sp³-hybridized carbons (Fsp3) is 0.480. The fourth-order valence-corrected chi connectivity index (χ4v) is 4.62. The quantitative estimate of drug-likeness (QED) is 0.656. The molecule has 0 spiro atoms. The van der Waals surface area contributed by atoms with Crippen molar-refractivity contribution in [2.75, 3.05) is 26.2 Å². The molecule has 1 N–H and O–H groups in total. The summed E-state index contributed by atoms with van der Waals surface area (Å²) in [5.74, 6) is -0.305. The molecule has 0 amide bonds. The smallest absolute Gasteiger partial charge is 0.335 e. The highest BCUT2D eigenvalue weighted by molar-refractivity contribution is 5.88. The topological polar surface area (TPSA) is 49.8 Å². The molecule has 1 saturated heterocycles. The molecule has 2 aromatic carbocycles. The van der Waals surface area contributed by atoms with Crippen molar-refractivity contribution >= 4 is 5.97 Å². The summed E-state index contributed by atoms with van der Waals surface area (Å²) in [5, 5.41) is 8.97. The summed E-state index contributed by atoms with van der Waals surface area (Å²) in [6, 6.07) is 11.3. The first-order chi connectivity index (χ1) is 14.4. The van der Waals surface area contributed by atoms with Crippen LogP contribution in [0.3, 0.4) is 0 Å². The van der Waals surface area contributed by atoms with E-state index in [0.717, 1.165) is 24.9 Å². The van der Waals surface area contributed by atoms with Crippen LogP contribution in [0.5, 0.6) is 5.75 Å². The summed E-state index contributed by atoms with van der Waals surface area (Å²) in [7, 11) is 0. The van der Waals surface area contributed by atoms with Crippen molar-refractivity contribution in [2.45, 2.75) is 39.0 Å². The van der Waals surface area contributed by atoms with E-state index in [1.807, 2.05) is 24.3 Å². The van der Waals surface area contributed by atoms with Gasteiger partial charge in [-0.2, -0.15) is 0 Å². The van der Waals surface area contributed by atoms with E-state index in [4.69, 9.17) is 9.84 Å². The van der Waals surface area contributed by atoms with E-state index in [1.165, 1.54) is 50.8 Å². The monoisotopic (exact) mass is 411 g/mol. The normalized spacial score (nSPS) is 19.3. The molecule has 1 aliphatic carbocycles. The molecule has 0 unspecified atom stereocenters. The molecule has 5 heteroatoms. The molecule has 0 aromatic heterocycles. The predicted molar refractivity (Wildman–Crippen MR) is 115 cm³/mol. The van der Waals surface area contributed by atoms with Crippen molar-refractivity contribution in [1.82, 2.24) is 4.90 Å². The van der Waals surface area contributed by atoms with Gasteiger partial charge in [0.15, 0.2) is 0 Å². The first-order valence-corrected chi connectivity index (χ1v) is 10.9. The van der Waals surface area contributed by atoms with Crippen molar-refractivity contribution in [3.8, 4) is 16.9 Å². The zero-order valence-corrected chi connectivity index (χ0v) is 17.6. The molecule has 2 aromatic rings. The van der Waals surface area contributed by atoms with Gasteiger partial charge in [-0.1, -0.05) is 31.5 Å². The minimum Gasteiger partial charge on any atom is -0.493 e. The van der Waals surface area contributed by atoms with Gasteiger partial charge in [0.2, 0.25) is 0 Å². The number of ether oxygens (including phenoxy) is 1. The number of halogens is 1. The largest absolute Gasteiger partial charge is 0.493 e. The third kappa shape index (κ3) is 4.84. The molecule has 4 nitrogen and oxygen atoms in total. The molecular formula is C25H30FNO3. The van der Waals surface area contributed by atoms with Gasteiger partial charge in [-0.25, -0.2) is 9.18 Å². The molecule has 0 radical (unpaired) electrons. The van der Waals surface area contributed by atoms with Crippen molar-refractivity contribution in [3.05, 3.63) is 53.8 Å². The second-order valence-corrected chi connectivity index (χ2v) is 9.22. The van der Waals surface area contributed by atoms with E-state index in [2.05, 4.69) is 11.8 Å². The maximum atomic E-state index is 14.2. The van der Waals surface area contributed by atoms with Gasteiger partial charge >= 0.3 is 5.97 Å². The van der Waals surface area contributed by atoms with Crippen molar-refractivity contribution in [2.24, 2.45) is 11.3 Å². The number of carbonyl (C=O) groups is 1. The lowest BCUT2D eigenvalue weighted by Gasteiger charge is -2.44. The number of likely N-dealkylation sites (tertiary alicyclic amines) is 1. The predicted octanol–water partition coefficient (Wildman–Crippen LogP) is 5.47. The summed E-state index contributed by atoms with van der Waals surface area (Å²) in [6.07, 6.45) is 6.49. The third-order valence-electron chi connectivity index (χ3n) is 6.74. The van der Waals surface area contributed by atoms with Crippen LogP contribution in [0.25, 0.3) is 11.1 Å². The minimum absolute atomic E-state index is 0.0518. The van der Waals surface area contributed by atoms with Gasteiger partial charge < -0.3 is 14.7 Å². The highest BCUT2D eigenvalue weighted by Crippen LogP contribution is 2.41. The molecule has 2 fully saturated rings. The van der Waals surface area contributed by atoms with Gasteiger partial charge in [-0.05, 0) is 79.9 Å². The second kappa shape index (κ2) is 8.76. The lowest BCUT2D eigenvalue weighted by atomic mass is 9.70. The van der Waals surface area contributed by atoms with Gasteiger partial charge in [0, 0.05) is 12.1 Å². The number of carboxylic acid groups (broad SMARTS) is 1. The molecule has 1 heterocycles. The number of hydrogen-bond donors (Lipinski definition) is 1. The van der Waals surface area contributed by atoms with Crippen molar-refractivity contribution in [1.29, 1.82) is 0 Å². The van der Waals surface area contributed by atoms with Crippen molar-refractivity contribution < 1.29 is 19.0 Å². The van der Waals surface area contributed by atoms with Crippen LogP contribution in [0.15, 0.2) is 42.5 Å². The Morgan fingerprint density at radius 1 is 1.17 bits per heavy atom. The summed E-state index contributed by atoms with van der Waals surface area (Å²) >= 11 is 0. The Morgan fingerprint density at radius 2 is 1.87 bits per heavy atom. The lowest BCUT2D eigenvalue weighted by molar-refractivity contribution is 0.0564. The standard InChI is InChI=1S/C25H30FNO3/c1-25(11-2-12-25)17-27-13-9-18(10-14-27)16-30-21-6-3-19(4-7-21)22-8-5-20(24(28)29)15-23(22)26/h3-8,15,18H,2,9-14,16-17H2,1H3,(H,28,29). The molecule has 160 valence electrons. The van der Waals surface area contributed by atoms with E-state index in [9.17, 15) is 9.18 Å². The minimum atomic E-state index is -1.13. The SMILES string of the molecule is CC1(CN2CCC(COc3ccc(-c4ccc(C(=O)O)cc4F)cc3)CC2)CCC1. The first-order valence-electron chi connectivity index (χ1n) is 10.9. The molecule has 0 atom stereocenters. The Kier molecular flexibility index (Phi) is 6.09. The third-order valence-corrected chi connectivity index (χ3v) is 6.74. The van der Waals surface area contributed by atoms with Crippen LogP contribution in [-0.2, 0) is 0 Å². The maximum absolute atomic E-state index is 14.2.